The van der Waals surface area contributed by atoms with E-state index in [0.717, 1.165) is 0 Å². The van der Waals surface area contributed by atoms with Crippen LogP contribution in [0.4, 0.5) is 11.4 Å². The lowest BCUT2D eigenvalue weighted by Crippen LogP contribution is -2.21. The average Bonchev–Trinajstić information content (AvgIpc) is 2.72. The smallest absolute Gasteiger partial charge is 0.338 e. The lowest BCUT2D eigenvalue weighted by atomic mass is 10.2. The molecule has 0 aliphatic heterocycles. The molecule has 0 heterocycles. The van der Waals surface area contributed by atoms with Crippen molar-refractivity contribution in [1.29, 1.82) is 0 Å². The van der Waals surface area contributed by atoms with Crippen molar-refractivity contribution >= 4 is 46.7 Å². The number of hydrogen-bond acceptors (Lipinski definition) is 6. The minimum atomic E-state index is -0.577. The second-order valence-corrected chi connectivity index (χ2v) is 7.59. The highest BCUT2D eigenvalue weighted by Gasteiger charge is 2.11. The number of benzene rings is 2. The quantitative estimate of drug-likeness (QED) is 0.514. The number of rotatable bonds is 10. The predicted molar refractivity (Wildman–Crippen MR) is 121 cm³/mol. The summed E-state index contributed by atoms with van der Waals surface area (Å²) in [5.41, 5.74) is 1.41. The van der Waals surface area contributed by atoms with Crippen molar-refractivity contribution < 1.29 is 28.7 Å². The first-order chi connectivity index (χ1) is 15.2. The molecule has 0 fully saturated rings. The number of halogens is 1. The van der Waals surface area contributed by atoms with Crippen LogP contribution in [0.25, 0.3) is 0 Å². The van der Waals surface area contributed by atoms with Gasteiger partial charge in [-0.1, -0.05) is 17.7 Å². The first-order valence-electron chi connectivity index (χ1n) is 10.0. The zero-order chi connectivity index (χ0) is 23.5. The van der Waals surface area contributed by atoms with Gasteiger partial charge >= 0.3 is 11.9 Å². The summed E-state index contributed by atoms with van der Waals surface area (Å²) in [5, 5.41) is 5.73. The normalized spacial score (nSPS) is 10.4. The summed E-state index contributed by atoms with van der Waals surface area (Å²) in [6.45, 7) is 3.10. The van der Waals surface area contributed by atoms with E-state index in [-0.39, 0.29) is 31.3 Å². The van der Waals surface area contributed by atoms with Crippen LogP contribution in [0.3, 0.4) is 0 Å². The van der Waals surface area contributed by atoms with E-state index in [4.69, 9.17) is 21.1 Å². The molecule has 32 heavy (non-hydrogen) atoms. The first kappa shape index (κ1) is 24.9. The molecule has 0 unspecified atom stereocenters. The van der Waals surface area contributed by atoms with E-state index < -0.39 is 24.5 Å². The van der Waals surface area contributed by atoms with Gasteiger partial charge in [0.15, 0.2) is 6.61 Å². The summed E-state index contributed by atoms with van der Waals surface area (Å²) in [4.78, 5) is 47.4. The number of esters is 2. The Morgan fingerprint density at radius 2 is 1.59 bits per heavy atom. The Morgan fingerprint density at radius 3 is 2.25 bits per heavy atom. The van der Waals surface area contributed by atoms with Gasteiger partial charge in [0.1, 0.15) is 0 Å². The van der Waals surface area contributed by atoms with Crippen LogP contribution in [0, 0.1) is 0 Å². The number of carbonyl (C=O) groups excluding carboxylic acids is 4. The molecule has 2 aromatic rings. The minimum absolute atomic E-state index is 0.00214. The lowest BCUT2D eigenvalue weighted by molar-refractivity contribution is -0.147. The predicted octanol–water partition coefficient (Wildman–Crippen LogP) is 4.20. The molecule has 0 aliphatic rings. The van der Waals surface area contributed by atoms with Crippen LogP contribution >= 0.6 is 11.6 Å². The minimum Gasteiger partial charge on any atom is -0.459 e. The monoisotopic (exact) mass is 460 g/mol. The third-order valence-corrected chi connectivity index (χ3v) is 4.24. The molecular formula is C23H25ClN2O6. The molecule has 2 rings (SSSR count). The maximum Gasteiger partial charge on any atom is 0.338 e. The van der Waals surface area contributed by atoms with Gasteiger partial charge in [-0.2, -0.15) is 0 Å². The second-order valence-electron chi connectivity index (χ2n) is 7.15. The number of carbonyl (C=O) groups is 4. The van der Waals surface area contributed by atoms with Crippen LogP contribution in [-0.2, 0) is 23.9 Å². The van der Waals surface area contributed by atoms with E-state index in [9.17, 15) is 19.2 Å². The lowest BCUT2D eigenvalue weighted by Gasteiger charge is -2.09. The molecule has 0 radical (unpaired) electrons. The van der Waals surface area contributed by atoms with Crippen molar-refractivity contribution in [1.82, 2.24) is 0 Å². The number of hydrogen-bond donors (Lipinski definition) is 2. The SMILES string of the molecule is CC(C)OC(=O)c1ccc(NC(=O)CCCC(=O)OCC(=O)Nc2cccc(Cl)c2)cc1. The average molecular weight is 461 g/mol. The zero-order valence-electron chi connectivity index (χ0n) is 17.9. The van der Waals surface area contributed by atoms with Crippen molar-refractivity contribution in [2.45, 2.75) is 39.2 Å². The third-order valence-electron chi connectivity index (χ3n) is 4.00. The van der Waals surface area contributed by atoms with Gasteiger partial charge in [-0.15, -0.1) is 0 Å². The Morgan fingerprint density at radius 1 is 0.906 bits per heavy atom. The molecule has 2 aromatic carbocycles. The van der Waals surface area contributed by atoms with Crippen LogP contribution in [0.15, 0.2) is 48.5 Å². The van der Waals surface area contributed by atoms with Crippen LogP contribution in [-0.4, -0.2) is 36.5 Å². The molecule has 8 nitrogen and oxygen atoms in total. The standard InChI is InChI=1S/C23H25ClN2O6/c1-15(2)32-23(30)16-9-11-18(12-10-16)25-20(27)7-4-8-22(29)31-14-21(28)26-19-6-3-5-17(24)13-19/h3,5-6,9-13,15H,4,7-8,14H2,1-2H3,(H,25,27)(H,26,28). The fraction of sp³-hybridized carbons (Fsp3) is 0.304. The topological polar surface area (TPSA) is 111 Å². The largest absolute Gasteiger partial charge is 0.459 e. The van der Waals surface area contributed by atoms with Gasteiger partial charge in [0.25, 0.3) is 5.91 Å². The maximum atomic E-state index is 12.0. The molecule has 0 saturated carbocycles. The third kappa shape index (κ3) is 9.18. The Labute approximate surface area is 191 Å². The molecule has 9 heteroatoms. The highest BCUT2D eigenvalue weighted by atomic mass is 35.5. The van der Waals surface area contributed by atoms with Crippen LogP contribution < -0.4 is 10.6 Å². The van der Waals surface area contributed by atoms with Crippen LogP contribution in [0.1, 0.15) is 43.5 Å². The molecule has 0 spiro atoms. The van der Waals surface area contributed by atoms with Crippen molar-refractivity contribution in [3.8, 4) is 0 Å². The zero-order valence-corrected chi connectivity index (χ0v) is 18.6. The molecular weight excluding hydrogens is 436 g/mol. The van der Waals surface area contributed by atoms with E-state index in [0.29, 0.717) is 22.0 Å². The van der Waals surface area contributed by atoms with Gasteiger partial charge in [0.2, 0.25) is 5.91 Å². The van der Waals surface area contributed by atoms with Crippen molar-refractivity contribution in [2.24, 2.45) is 0 Å². The highest BCUT2D eigenvalue weighted by molar-refractivity contribution is 6.30. The number of ether oxygens (including phenoxy) is 2. The van der Waals surface area contributed by atoms with Gasteiger partial charge in [-0.3, -0.25) is 14.4 Å². The summed E-state index contributed by atoms with van der Waals surface area (Å²) in [6, 6.07) is 12.9. The summed E-state index contributed by atoms with van der Waals surface area (Å²) in [6.07, 6.45) is 0.143. The molecule has 0 aliphatic carbocycles. The van der Waals surface area contributed by atoms with Crippen LogP contribution in [0.5, 0.6) is 0 Å². The molecule has 0 saturated heterocycles. The molecule has 170 valence electrons. The second kappa shape index (κ2) is 12.5. The van der Waals surface area contributed by atoms with Gasteiger partial charge in [0.05, 0.1) is 11.7 Å². The summed E-state index contributed by atoms with van der Waals surface area (Å²) < 4.78 is 10.0. The van der Waals surface area contributed by atoms with E-state index in [1.807, 2.05) is 0 Å². The fourth-order valence-corrected chi connectivity index (χ4v) is 2.76. The summed E-state index contributed by atoms with van der Waals surface area (Å²) in [7, 11) is 0. The highest BCUT2D eigenvalue weighted by Crippen LogP contribution is 2.15. The van der Waals surface area contributed by atoms with Gasteiger partial charge in [-0.25, -0.2) is 4.79 Å². The first-order valence-corrected chi connectivity index (χ1v) is 10.4. The fourth-order valence-electron chi connectivity index (χ4n) is 2.57. The maximum absolute atomic E-state index is 12.0. The van der Waals surface area contributed by atoms with Gasteiger partial charge < -0.3 is 20.1 Å². The number of amides is 2. The van der Waals surface area contributed by atoms with E-state index in [1.54, 1.807) is 62.4 Å². The Balaban J connectivity index is 1.65. The molecule has 0 atom stereocenters. The summed E-state index contributed by atoms with van der Waals surface area (Å²) >= 11 is 5.84. The van der Waals surface area contributed by atoms with E-state index in [1.165, 1.54) is 0 Å². The summed E-state index contributed by atoms with van der Waals surface area (Å²) in [5.74, 6) is -1.78. The Bertz CT molecular complexity index is 959. The van der Waals surface area contributed by atoms with Crippen molar-refractivity contribution in [2.75, 3.05) is 17.2 Å². The van der Waals surface area contributed by atoms with Gasteiger partial charge in [0, 0.05) is 29.2 Å². The Hall–Kier alpha value is -3.39. The van der Waals surface area contributed by atoms with E-state index >= 15 is 0 Å². The van der Waals surface area contributed by atoms with Crippen LogP contribution in [0.2, 0.25) is 5.02 Å². The van der Waals surface area contributed by atoms with Crippen molar-refractivity contribution in [3.05, 3.63) is 59.1 Å². The Kier molecular flexibility index (Phi) is 9.69. The molecule has 2 N–H and O–H groups in total. The number of nitrogens with one attached hydrogen (secondary N) is 2. The van der Waals surface area contributed by atoms with E-state index in [2.05, 4.69) is 10.6 Å². The van der Waals surface area contributed by atoms with Crippen molar-refractivity contribution in [3.63, 3.8) is 0 Å². The molecule has 2 amide bonds. The molecule has 0 aromatic heterocycles. The van der Waals surface area contributed by atoms with Gasteiger partial charge in [-0.05, 0) is 62.7 Å². The number of anilines is 2. The molecule has 0 bridgehead atoms.